The molecule has 20 heavy (non-hydrogen) atoms. The number of hydrogen-bond donors (Lipinski definition) is 1. The molecule has 5 nitrogen and oxygen atoms in total. The second-order valence-corrected chi connectivity index (χ2v) is 5.35. The number of ether oxygens (including phenoxy) is 1. The second kappa shape index (κ2) is 6.56. The highest BCUT2D eigenvalue weighted by Gasteiger charge is 2.12. The summed E-state index contributed by atoms with van der Waals surface area (Å²) in [7, 11) is 1.66. The lowest BCUT2D eigenvalue weighted by atomic mass is 10.2. The number of anilines is 1. The molecule has 2 aromatic rings. The van der Waals surface area contributed by atoms with Crippen molar-refractivity contribution in [2.24, 2.45) is 0 Å². The number of nitro groups is 1. The quantitative estimate of drug-likeness (QED) is 0.484. The van der Waals surface area contributed by atoms with Crippen LogP contribution in [0.15, 0.2) is 42.5 Å². The minimum atomic E-state index is -0.407. The topological polar surface area (TPSA) is 64.4 Å². The molecule has 2 aromatic carbocycles. The fourth-order valence-corrected chi connectivity index (χ4v) is 2.27. The van der Waals surface area contributed by atoms with E-state index in [0.29, 0.717) is 12.3 Å². The maximum Gasteiger partial charge on any atom is 0.292 e. The zero-order chi connectivity index (χ0) is 14.5. The van der Waals surface area contributed by atoms with Crippen molar-refractivity contribution >= 4 is 34.0 Å². The Bertz CT molecular complexity index is 632. The minimum absolute atomic E-state index is 0.0607. The van der Waals surface area contributed by atoms with Crippen molar-refractivity contribution in [3.05, 3.63) is 61.7 Å². The third-order valence-electron chi connectivity index (χ3n) is 2.73. The predicted molar refractivity (Wildman–Crippen MR) is 86.1 cm³/mol. The first-order valence-corrected chi connectivity index (χ1v) is 7.01. The Labute approximate surface area is 130 Å². The van der Waals surface area contributed by atoms with E-state index in [4.69, 9.17) is 4.74 Å². The van der Waals surface area contributed by atoms with Gasteiger partial charge in [-0.1, -0.05) is 6.07 Å². The standard InChI is InChI=1S/C14H13IN2O3/c1-16-13-7-10(5-6-14(13)17(18)19)9-20-12-4-2-3-11(15)8-12/h2-8,16H,9H2,1H3. The van der Waals surface area contributed by atoms with E-state index in [1.165, 1.54) is 6.07 Å². The van der Waals surface area contributed by atoms with Crippen molar-refractivity contribution in [1.82, 2.24) is 0 Å². The summed E-state index contributed by atoms with van der Waals surface area (Å²) in [6.07, 6.45) is 0. The Morgan fingerprint density at radius 1 is 1.30 bits per heavy atom. The van der Waals surface area contributed by atoms with Gasteiger partial charge in [-0.2, -0.15) is 0 Å². The molecule has 0 radical (unpaired) electrons. The van der Waals surface area contributed by atoms with Crippen LogP contribution in [-0.2, 0) is 6.61 Å². The molecule has 104 valence electrons. The monoisotopic (exact) mass is 384 g/mol. The van der Waals surface area contributed by atoms with E-state index in [-0.39, 0.29) is 5.69 Å². The summed E-state index contributed by atoms with van der Waals surface area (Å²) in [5.74, 6) is 0.779. The van der Waals surface area contributed by atoms with Crippen LogP contribution in [0, 0.1) is 13.7 Å². The van der Waals surface area contributed by atoms with Crippen molar-refractivity contribution in [2.45, 2.75) is 6.61 Å². The molecule has 0 aliphatic carbocycles. The summed E-state index contributed by atoms with van der Waals surface area (Å²) in [4.78, 5) is 10.4. The molecule has 0 aliphatic rings. The fraction of sp³-hybridized carbons (Fsp3) is 0.143. The first-order valence-electron chi connectivity index (χ1n) is 5.93. The summed E-state index contributed by atoms with van der Waals surface area (Å²) in [6, 6.07) is 12.6. The highest BCUT2D eigenvalue weighted by molar-refractivity contribution is 14.1. The number of rotatable bonds is 5. The van der Waals surface area contributed by atoms with Crippen LogP contribution in [0.3, 0.4) is 0 Å². The van der Waals surface area contributed by atoms with Gasteiger partial charge in [0.25, 0.3) is 5.69 Å². The first kappa shape index (κ1) is 14.6. The van der Waals surface area contributed by atoms with Gasteiger partial charge >= 0.3 is 0 Å². The van der Waals surface area contributed by atoms with Crippen LogP contribution in [-0.4, -0.2) is 12.0 Å². The summed E-state index contributed by atoms with van der Waals surface area (Å²) in [5, 5.41) is 13.7. The highest BCUT2D eigenvalue weighted by Crippen LogP contribution is 2.25. The molecule has 0 saturated carbocycles. The molecular formula is C14H13IN2O3. The molecule has 0 aliphatic heterocycles. The third kappa shape index (κ3) is 3.60. The number of nitrogens with zero attached hydrogens (tertiary/aromatic N) is 1. The zero-order valence-corrected chi connectivity index (χ0v) is 13.0. The summed E-state index contributed by atoms with van der Waals surface area (Å²) in [5.41, 5.74) is 1.42. The number of halogens is 1. The van der Waals surface area contributed by atoms with Crippen molar-refractivity contribution < 1.29 is 9.66 Å². The molecule has 1 N–H and O–H groups in total. The lowest BCUT2D eigenvalue weighted by Gasteiger charge is -2.08. The van der Waals surface area contributed by atoms with Gasteiger partial charge in [-0.05, 0) is 58.5 Å². The van der Waals surface area contributed by atoms with Crippen LogP contribution in [0.4, 0.5) is 11.4 Å². The molecule has 0 bridgehead atoms. The Morgan fingerprint density at radius 2 is 2.10 bits per heavy atom. The molecule has 0 aromatic heterocycles. The van der Waals surface area contributed by atoms with E-state index in [1.54, 1.807) is 19.2 Å². The maximum atomic E-state index is 10.8. The van der Waals surface area contributed by atoms with Crippen molar-refractivity contribution in [1.29, 1.82) is 0 Å². The number of nitrogens with one attached hydrogen (secondary N) is 1. The molecule has 6 heteroatoms. The van der Waals surface area contributed by atoms with Gasteiger partial charge in [0.1, 0.15) is 18.0 Å². The second-order valence-electron chi connectivity index (χ2n) is 4.10. The first-order chi connectivity index (χ1) is 9.60. The molecule has 0 amide bonds. The maximum absolute atomic E-state index is 10.8. The van der Waals surface area contributed by atoms with Gasteiger partial charge in [-0.25, -0.2) is 0 Å². The van der Waals surface area contributed by atoms with E-state index in [1.807, 2.05) is 24.3 Å². The van der Waals surface area contributed by atoms with Crippen LogP contribution in [0.1, 0.15) is 5.56 Å². The van der Waals surface area contributed by atoms with Gasteiger partial charge in [0.15, 0.2) is 0 Å². The molecule has 0 unspecified atom stereocenters. The van der Waals surface area contributed by atoms with E-state index in [0.717, 1.165) is 14.9 Å². The molecule has 0 saturated heterocycles. The molecule has 0 heterocycles. The smallest absolute Gasteiger partial charge is 0.292 e. The predicted octanol–water partition coefficient (Wildman–Crippen LogP) is 3.82. The van der Waals surface area contributed by atoms with Gasteiger partial charge < -0.3 is 10.1 Å². The van der Waals surface area contributed by atoms with Gasteiger partial charge in [-0.15, -0.1) is 0 Å². The van der Waals surface area contributed by atoms with E-state index in [2.05, 4.69) is 27.9 Å². The average molecular weight is 384 g/mol. The minimum Gasteiger partial charge on any atom is -0.489 e. The number of hydrogen-bond acceptors (Lipinski definition) is 4. The molecule has 2 rings (SSSR count). The van der Waals surface area contributed by atoms with Gasteiger partial charge in [0, 0.05) is 16.7 Å². The Morgan fingerprint density at radius 3 is 2.75 bits per heavy atom. The van der Waals surface area contributed by atoms with Crippen LogP contribution >= 0.6 is 22.6 Å². The SMILES string of the molecule is CNc1cc(COc2cccc(I)c2)ccc1[N+](=O)[O-]. The fourth-order valence-electron chi connectivity index (χ4n) is 1.76. The lowest BCUT2D eigenvalue weighted by molar-refractivity contribution is -0.384. The molecule has 0 fully saturated rings. The lowest BCUT2D eigenvalue weighted by Crippen LogP contribution is -2.00. The third-order valence-corrected chi connectivity index (χ3v) is 3.40. The number of benzene rings is 2. The van der Waals surface area contributed by atoms with Gasteiger partial charge in [0.05, 0.1) is 4.92 Å². The highest BCUT2D eigenvalue weighted by atomic mass is 127. The largest absolute Gasteiger partial charge is 0.489 e. The average Bonchev–Trinajstić information content (AvgIpc) is 2.44. The Kier molecular flexibility index (Phi) is 4.78. The van der Waals surface area contributed by atoms with Crippen LogP contribution in [0.5, 0.6) is 5.75 Å². The normalized spacial score (nSPS) is 10.1. The van der Waals surface area contributed by atoms with Gasteiger partial charge in [-0.3, -0.25) is 10.1 Å². The molecular weight excluding hydrogens is 371 g/mol. The Hall–Kier alpha value is -1.83. The van der Waals surface area contributed by atoms with Crippen LogP contribution < -0.4 is 10.1 Å². The summed E-state index contributed by atoms with van der Waals surface area (Å²) < 4.78 is 6.77. The van der Waals surface area contributed by atoms with Crippen molar-refractivity contribution in [3.8, 4) is 5.75 Å². The van der Waals surface area contributed by atoms with Crippen LogP contribution in [0.25, 0.3) is 0 Å². The van der Waals surface area contributed by atoms with E-state index in [9.17, 15) is 10.1 Å². The summed E-state index contributed by atoms with van der Waals surface area (Å²) >= 11 is 2.22. The molecule has 0 spiro atoms. The zero-order valence-electron chi connectivity index (χ0n) is 10.8. The van der Waals surface area contributed by atoms with E-state index < -0.39 is 4.92 Å². The van der Waals surface area contributed by atoms with Crippen LogP contribution in [0.2, 0.25) is 0 Å². The van der Waals surface area contributed by atoms with Crippen molar-refractivity contribution in [3.63, 3.8) is 0 Å². The Balaban J connectivity index is 2.12. The van der Waals surface area contributed by atoms with Gasteiger partial charge in [0.2, 0.25) is 0 Å². The summed E-state index contributed by atoms with van der Waals surface area (Å²) in [6.45, 7) is 0.368. The number of nitro benzene ring substituents is 1. The molecule has 0 atom stereocenters. The van der Waals surface area contributed by atoms with E-state index >= 15 is 0 Å². The van der Waals surface area contributed by atoms with Crippen molar-refractivity contribution in [2.75, 3.05) is 12.4 Å².